The SMILES string of the molecule is CCCn1nc(C)c(N)c1OCCC(F)(F)F. The molecule has 0 bridgehead atoms. The molecule has 0 aliphatic rings. The van der Waals surface area contributed by atoms with Crippen molar-refractivity contribution in [3.8, 4) is 5.88 Å². The summed E-state index contributed by atoms with van der Waals surface area (Å²) in [4.78, 5) is 0. The largest absolute Gasteiger partial charge is 0.476 e. The minimum absolute atomic E-state index is 0.230. The van der Waals surface area contributed by atoms with E-state index in [1.165, 1.54) is 4.68 Å². The van der Waals surface area contributed by atoms with Crippen molar-refractivity contribution in [2.45, 2.75) is 39.4 Å². The summed E-state index contributed by atoms with van der Waals surface area (Å²) in [6, 6.07) is 0. The van der Waals surface area contributed by atoms with Crippen molar-refractivity contribution in [3.63, 3.8) is 0 Å². The summed E-state index contributed by atoms with van der Waals surface area (Å²) in [6.07, 6.45) is -4.42. The minimum atomic E-state index is -4.22. The minimum Gasteiger partial charge on any atom is -0.476 e. The van der Waals surface area contributed by atoms with Crippen LogP contribution >= 0.6 is 0 Å². The molecule has 7 heteroatoms. The normalized spacial score (nSPS) is 11.8. The van der Waals surface area contributed by atoms with E-state index in [9.17, 15) is 13.2 Å². The molecule has 0 saturated heterocycles. The summed E-state index contributed by atoms with van der Waals surface area (Å²) in [5.74, 6) is 0.230. The molecular weight excluding hydrogens is 235 g/mol. The van der Waals surface area contributed by atoms with Crippen molar-refractivity contribution in [2.75, 3.05) is 12.3 Å². The second-order valence-corrected chi connectivity index (χ2v) is 3.74. The molecule has 0 aliphatic carbocycles. The van der Waals surface area contributed by atoms with Crippen molar-refractivity contribution in [1.29, 1.82) is 0 Å². The van der Waals surface area contributed by atoms with Gasteiger partial charge in [-0.3, -0.25) is 0 Å². The molecule has 0 radical (unpaired) electrons. The lowest BCUT2D eigenvalue weighted by Crippen LogP contribution is -2.15. The van der Waals surface area contributed by atoms with E-state index in [1.807, 2.05) is 6.92 Å². The van der Waals surface area contributed by atoms with E-state index >= 15 is 0 Å². The predicted molar refractivity (Wildman–Crippen MR) is 57.8 cm³/mol. The molecule has 17 heavy (non-hydrogen) atoms. The van der Waals surface area contributed by atoms with Gasteiger partial charge in [-0.2, -0.15) is 18.3 Å². The Labute approximate surface area is 97.5 Å². The summed E-state index contributed by atoms with van der Waals surface area (Å²) in [7, 11) is 0. The quantitative estimate of drug-likeness (QED) is 0.874. The van der Waals surface area contributed by atoms with Gasteiger partial charge in [0.2, 0.25) is 5.88 Å². The maximum absolute atomic E-state index is 12.0. The highest BCUT2D eigenvalue weighted by Crippen LogP contribution is 2.26. The number of halogens is 3. The van der Waals surface area contributed by atoms with Crippen LogP contribution in [0.4, 0.5) is 18.9 Å². The topological polar surface area (TPSA) is 53.1 Å². The van der Waals surface area contributed by atoms with Crippen LogP contribution in [-0.2, 0) is 6.54 Å². The number of aromatic nitrogens is 2. The third-order valence-corrected chi connectivity index (χ3v) is 2.19. The smallest absolute Gasteiger partial charge is 0.392 e. The monoisotopic (exact) mass is 251 g/mol. The van der Waals surface area contributed by atoms with E-state index in [2.05, 4.69) is 5.10 Å². The van der Waals surface area contributed by atoms with E-state index < -0.39 is 19.2 Å². The highest BCUT2D eigenvalue weighted by Gasteiger charge is 2.27. The number of nitrogens with zero attached hydrogens (tertiary/aromatic N) is 2. The van der Waals surface area contributed by atoms with Crippen LogP contribution in [0.3, 0.4) is 0 Å². The standard InChI is InChI=1S/C10H16F3N3O/c1-3-5-16-9(8(14)7(2)15-16)17-6-4-10(11,12)13/h3-6,14H2,1-2H3. The van der Waals surface area contributed by atoms with Gasteiger partial charge in [-0.1, -0.05) is 6.92 Å². The summed E-state index contributed by atoms with van der Waals surface area (Å²) >= 11 is 0. The van der Waals surface area contributed by atoms with Crippen molar-refractivity contribution >= 4 is 5.69 Å². The lowest BCUT2D eigenvalue weighted by Gasteiger charge is -2.10. The van der Waals surface area contributed by atoms with Crippen LogP contribution in [0.5, 0.6) is 5.88 Å². The van der Waals surface area contributed by atoms with Gasteiger partial charge in [0.15, 0.2) is 0 Å². The Bertz CT molecular complexity index is 374. The van der Waals surface area contributed by atoms with Gasteiger partial charge in [0.05, 0.1) is 18.7 Å². The van der Waals surface area contributed by atoms with Gasteiger partial charge in [-0.25, -0.2) is 4.68 Å². The molecule has 0 saturated carbocycles. The van der Waals surface area contributed by atoms with Crippen LogP contribution in [0.15, 0.2) is 0 Å². The molecule has 0 aliphatic heterocycles. The number of hydrogen-bond donors (Lipinski definition) is 1. The number of nitrogens with two attached hydrogens (primary N) is 1. The van der Waals surface area contributed by atoms with Gasteiger partial charge in [-0.15, -0.1) is 0 Å². The molecule has 0 atom stereocenters. The van der Waals surface area contributed by atoms with Crippen LogP contribution in [-0.4, -0.2) is 22.6 Å². The van der Waals surface area contributed by atoms with Crippen LogP contribution in [0, 0.1) is 6.92 Å². The Morgan fingerprint density at radius 1 is 1.41 bits per heavy atom. The first-order chi connectivity index (χ1) is 7.85. The molecular formula is C10H16F3N3O. The zero-order valence-electron chi connectivity index (χ0n) is 9.84. The van der Waals surface area contributed by atoms with Crippen molar-refractivity contribution in [3.05, 3.63) is 5.69 Å². The van der Waals surface area contributed by atoms with Gasteiger partial charge in [0.25, 0.3) is 0 Å². The van der Waals surface area contributed by atoms with Gasteiger partial charge < -0.3 is 10.5 Å². The lowest BCUT2D eigenvalue weighted by molar-refractivity contribution is -0.139. The number of ether oxygens (including phenoxy) is 1. The predicted octanol–water partition coefficient (Wildman–Crippen LogP) is 2.51. The molecule has 1 heterocycles. The van der Waals surface area contributed by atoms with Gasteiger partial charge in [0.1, 0.15) is 5.69 Å². The molecule has 98 valence electrons. The first kappa shape index (κ1) is 13.7. The van der Waals surface area contributed by atoms with Crippen LogP contribution < -0.4 is 10.5 Å². The van der Waals surface area contributed by atoms with Crippen molar-refractivity contribution in [1.82, 2.24) is 9.78 Å². The second kappa shape index (κ2) is 5.29. The molecule has 1 aromatic rings. The summed E-state index contributed by atoms with van der Waals surface area (Å²) in [6.45, 7) is 3.76. The number of hydrogen-bond acceptors (Lipinski definition) is 3. The average Bonchev–Trinajstić information content (AvgIpc) is 2.44. The summed E-state index contributed by atoms with van der Waals surface area (Å²) in [5, 5.41) is 4.10. The molecule has 1 rings (SSSR count). The Morgan fingerprint density at radius 2 is 2.06 bits per heavy atom. The molecule has 0 unspecified atom stereocenters. The Balaban J connectivity index is 2.69. The van der Waals surface area contributed by atoms with Gasteiger partial charge in [-0.05, 0) is 13.3 Å². The molecule has 4 nitrogen and oxygen atoms in total. The maximum Gasteiger partial charge on any atom is 0.392 e. The fourth-order valence-corrected chi connectivity index (χ4v) is 1.35. The summed E-state index contributed by atoms with van der Waals surface area (Å²) < 4.78 is 42.5. The third-order valence-electron chi connectivity index (χ3n) is 2.19. The molecule has 2 N–H and O–H groups in total. The van der Waals surface area contributed by atoms with Crippen molar-refractivity contribution < 1.29 is 17.9 Å². The number of anilines is 1. The number of rotatable bonds is 5. The van der Waals surface area contributed by atoms with E-state index in [0.717, 1.165) is 6.42 Å². The highest BCUT2D eigenvalue weighted by atomic mass is 19.4. The van der Waals surface area contributed by atoms with Crippen molar-refractivity contribution in [2.24, 2.45) is 0 Å². The number of alkyl halides is 3. The van der Waals surface area contributed by atoms with E-state index in [-0.39, 0.29) is 5.88 Å². The fourth-order valence-electron chi connectivity index (χ4n) is 1.35. The summed E-state index contributed by atoms with van der Waals surface area (Å²) in [5.41, 5.74) is 6.57. The fraction of sp³-hybridized carbons (Fsp3) is 0.700. The Morgan fingerprint density at radius 3 is 2.59 bits per heavy atom. The van der Waals surface area contributed by atoms with Crippen LogP contribution in [0.25, 0.3) is 0 Å². The number of nitrogen functional groups attached to an aromatic ring is 1. The molecule has 1 aromatic heterocycles. The van der Waals surface area contributed by atoms with Gasteiger partial charge in [0, 0.05) is 6.54 Å². The van der Waals surface area contributed by atoms with Crippen LogP contribution in [0.1, 0.15) is 25.5 Å². The third kappa shape index (κ3) is 3.83. The lowest BCUT2D eigenvalue weighted by atomic mass is 10.4. The average molecular weight is 251 g/mol. The second-order valence-electron chi connectivity index (χ2n) is 3.74. The highest BCUT2D eigenvalue weighted by molar-refractivity contribution is 5.52. The Kier molecular flexibility index (Phi) is 4.25. The van der Waals surface area contributed by atoms with E-state index in [4.69, 9.17) is 10.5 Å². The zero-order valence-corrected chi connectivity index (χ0v) is 9.84. The Hall–Kier alpha value is -1.40. The number of aryl methyl sites for hydroxylation is 2. The first-order valence-corrected chi connectivity index (χ1v) is 5.37. The zero-order chi connectivity index (χ0) is 13.1. The maximum atomic E-state index is 12.0. The van der Waals surface area contributed by atoms with E-state index in [0.29, 0.717) is 17.9 Å². The first-order valence-electron chi connectivity index (χ1n) is 5.37. The molecule has 0 spiro atoms. The molecule has 0 fully saturated rings. The van der Waals surface area contributed by atoms with Crippen LogP contribution in [0.2, 0.25) is 0 Å². The molecule has 0 amide bonds. The van der Waals surface area contributed by atoms with Gasteiger partial charge >= 0.3 is 6.18 Å². The van der Waals surface area contributed by atoms with E-state index in [1.54, 1.807) is 6.92 Å². The molecule has 0 aromatic carbocycles.